The van der Waals surface area contributed by atoms with Crippen LogP contribution in [0.1, 0.15) is 85.3 Å². The number of anilines is 1. The zero-order valence-electron chi connectivity index (χ0n) is 20.9. The van der Waals surface area contributed by atoms with E-state index in [1.807, 2.05) is 6.07 Å². The summed E-state index contributed by atoms with van der Waals surface area (Å²) in [4.78, 5) is 0. The van der Waals surface area contributed by atoms with E-state index in [1.54, 1.807) is 7.11 Å². The maximum Gasteiger partial charge on any atom is 0.200 e. The first kappa shape index (κ1) is 26.5. The molecule has 0 aliphatic carbocycles. The van der Waals surface area contributed by atoms with Gasteiger partial charge in [-0.05, 0) is 61.0 Å². The maximum absolute atomic E-state index is 6.84. The number of ether oxygens (including phenoxy) is 1. The van der Waals surface area contributed by atoms with Crippen molar-refractivity contribution in [2.24, 2.45) is 0 Å². The van der Waals surface area contributed by atoms with Crippen molar-refractivity contribution in [3.05, 3.63) is 47.6 Å². The van der Waals surface area contributed by atoms with Gasteiger partial charge >= 0.3 is 0 Å². The second-order valence-corrected chi connectivity index (χ2v) is 15.3. The smallest absolute Gasteiger partial charge is 0.200 e. The van der Waals surface area contributed by atoms with Gasteiger partial charge in [0, 0.05) is 17.2 Å². The molecule has 0 aliphatic rings. The molecule has 0 radical (unpaired) electrons. The van der Waals surface area contributed by atoms with E-state index >= 15 is 0 Å². The fourth-order valence-corrected chi connectivity index (χ4v) is 10.4. The van der Waals surface area contributed by atoms with Crippen LogP contribution in [0.3, 0.4) is 0 Å². The van der Waals surface area contributed by atoms with Crippen molar-refractivity contribution < 1.29 is 9.16 Å². The molecular formula is C26H45NO2Si. The molecule has 0 amide bonds. The van der Waals surface area contributed by atoms with E-state index < -0.39 is 8.32 Å². The average Bonchev–Trinajstić information content (AvgIpc) is 2.63. The number of nitrogen functional groups attached to an aromatic ring is 1. The summed E-state index contributed by atoms with van der Waals surface area (Å²) in [5.74, 6) is 1.00. The summed E-state index contributed by atoms with van der Waals surface area (Å²) in [5, 5.41) is 0. The molecule has 4 heteroatoms. The van der Waals surface area contributed by atoms with Crippen LogP contribution in [0.15, 0.2) is 36.4 Å². The lowest BCUT2D eigenvalue weighted by Gasteiger charge is -2.42. The van der Waals surface area contributed by atoms with E-state index in [4.69, 9.17) is 14.9 Å². The van der Waals surface area contributed by atoms with Crippen LogP contribution in [0.25, 0.3) is 0 Å². The molecule has 1 unspecified atom stereocenters. The van der Waals surface area contributed by atoms with Crippen molar-refractivity contribution in [2.75, 3.05) is 12.8 Å². The van der Waals surface area contributed by atoms with Crippen LogP contribution >= 0.6 is 0 Å². The van der Waals surface area contributed by atoms with Gasteiger partial charge in [-0.15, -0.1) is 6.58 Å². The van der Waals surface area contributed by atoms with Gasteiger partial charge < -0.3 is 14.9 Å². The van der Waals surface area contributed by atoms with E-state index in [0.717, 1.165) is 41.0 Å². The zero-order valence-corrected chi connectivity index (χ0v) is 21.9. The summed E-state index contributed by atoms with van der Waals surface area (Å²) >= 11 is 0. The largest absolute Gasteiger partial charge is 0.497 e. The Balaban J connectivity index is 3.39. The van der Waals surface area contributed by atoms with E-state index in [2.05, 4.69) is 74.6 Å². The van der Waals surface area contributed by atoms with E-state index in [0.29, 0.717) is 23.2 Å². The highest BCUT2D eigenvalue weighted by molar-refractivity contribution is 6.77. The predicted octanol–water partition coefficient (Wildman–Crippen LogP) is 7.99. The Bertz CT molecular complexity index is 715. The first-order valence-corrected chi connectivity index (χ1v) is 13.4. The van der Waals surface area contributed by atoms with Crippen molar-refractivity contribution in [3.8, 4) is 5.75 Å². The molecule has 0 aromatic heterocycles. The van der Waals surface area contributed by atoms with Gasteiger partial charge in [0.15, 0.2) is 0 Å². The molecule has 3 nitrogen and oxygen atoms in total. The SMILES string of the molecule is C=C(C)CCC(C(=C)C)c1cc(OC)cc(CO[Si](C(C)C)(C(C)C)C(C)C)c1N. The van der Waals surface area contributed by atoms with Crippen molar-refractivity contribution in [3.63, 3.8) is 0 Å². The average molecular weight is 432 g/mol. The van der Waals surface area contributed by atoms with Gasteiger partial charge in [-0.3, -0.25) is 0 Å². The van der Waals surface area contributed by atoms with Gasteiger partial charge in [0.2, 0.25) is 8.32 Å². The van der Waals surface area contributed by atoms with E-state index in [1.165, 1.54) is 5.57 Å². The lowest BCUT2D eigenvalue weighted by Crippen LogP contribution is -2.47. The van der Waals surface area contributed by atoms with Gasteiger partial charge in [0.1, 0.15) is 5.75 Å². The van der Waals surface area contributed by atoms with Crippen molar-refractivity contribution >= 4 is 14.0 Å². The highest BCUT2D eigenvalue weighted by atomic mass is 28.4. The molecule has 0 heterocycles. The molecule has 1 aromatic rings. The molecule has 0 saturated carbocycles. The quantitative estimate of drug-likeness (QED) is 0.207. The van der Waals surface area contributed by atoms with Crippen LogP contribution in [0.5, 0.6) is 5.75 Å². The van der Waals surface area contributed by atoms with Crippen molar-refractivity contribution in [1.29, 1.82) is 0 Å². The zero-order chi connectivity index (χ0) is 23.2. The molecule has 1 atom stereocenters. The minimum Gasteiger partial charge on any atom is -0.497 e. The number of nitrogens with two attached hydrogens (primary N) is 1. The first-order chi connectivity index (χ1) is 13.9. The number of benzene rings is 1. The number of methoxy groups -OCH3 is 1. The molecule has 0 bridgehead atoms. The van der Waals surface area contributed by atoms with E-state index in [-0.39, 0.29) is 5.92 Å². The molecule has 0 spiro atoms. The third-order valence-electron chi connectivity index (χ3n) is 6.52. The van der Waals surface area contributed by atoms with Gasteiger partial charge in [-0.25, -0.2) is 0 Å². The summed E-state index contributed by atoms with van der Waals surface area (Å²) in [7, 11) is -0.276. The van der Waals surface area contributed by atoms with Crippen molar-refractivity contribution in [2.45, 2.75) is 97.4 Å². The minimum atomic E-state index is -1.98. The van der Waals surface area contributed by atoms with Gasteiger partial charge in [0.25, 0.3) is 0 Å². The highest BCUT2D eigenvalue weighted by Gasteiger charge is 2.45. The molecule has 2 N–H and O–H groups in total. The third-order valence-corrected chi connectivity index (χ3v) is 12.6. The van der Waals surface area contributed by atoms with Gasteiger partial charge in [0.05, 0.1) is 13.7 Å². The third kappa shape index (κ3) is 6.01. The number of hydrogen-bond acceptors (Lipinski definition) is 3. The number of allylic oxidation sites excluding steroid dienone is 2. The maximum atomic E-state index is 6.84. The Morgan fingerprint density at radius 2 is 1.53 bits per heavy atom. The second kappa shape index (κ2) is 11.2. The second-order valence-electron chi connectivity index (χ2n) is 9.79. The fraction of sp³-hybridized carbons (Fsp3) is 0.615. The molecule has 0 fully saturated rings. The topological polar surface area (TPSA) is 44.5 Å². The number of rotatable bonds is 12. The summed E-state index contributed by atoms with van der Waals surface area (Å²) in [6.07, 6.45) is 1.90. The lowest BCUT2D eigenvalue weighted by atomic mass is 9.85. The molecule has 30 heavy (non-hydrogen) atoms. The Morgan fingerprint density at radius 1 is 1.00 bits per heavy atom. The summed E-state index contributed by atoms with van der Waals surface area (Å²) < 4.78 is 12.5. The minimum absolute atomic E-state index is 0.179. The summed E-state index contributed by atoms with van der Waals surface area (Å²) in [5.41, 5.74) is 13.5. The molecular weight excluding hydrogens is 386 g/mol. The lowest BCUT2D eigenvalue weighted by molar-refractivity contribution is 0.266. The first-order valence-electron chi connectivity index (χ1n) is 11.3. The van der Waals surface area contributed by atoms with Gasteiger partial charge in [-0.2, -0.15) is 0 Å². The summed E-state index contributed by atoms with van der Waals surface area (Å²) in [6.45, 7) is 26.8. The summed E-state index contributed by atoms with van der Waals surface area (Å²) in [6, 6.07) is 4.10. The Labute approximate surface area is 186 Å². The Kier molecular flexibility index (Phi) is 9.89. The van der Waals surface area contributed by atoms with Crippen LogP contribution < -0.4 is 10.5 Å². The molecule has 170 valence electrons. The number of hydrogen-bond donors (Lipinski definition) is 1. The normalized spacial score (nSPS) is 13.2. The highest BCUT2D eigenvalue weighted by Crippen LogP contribution is 2.44. The molecule has 1 aromatic carbocycles. The molecule has 0 aliphatic heterocycles. The fourth-order valence-electron chi connectivity index (χ4n) is 4.99. The van der Waals surface area contributed by atoms with Crippen LogP contribution in [-0.4, -0.2) is 15.4 Å². The van der Waals surface area contributed by atoms with E-state index in [9.17, 15) is 0 Å². The standard InChI is InChI=1S/C26H45NO2Si/c1-17(2)12-13-24(18(3)4)25-15-23(28-11)14-22(26(25)27)16-29-30(19(5)6,20(7)8)21(9)10/h14-15,19-21,24H,1,3,12-13,16,27H2,2,4-11H3. The molecule has 1 rings (SSSR count). The predicted molar refractivity (Wildman–Crippen MR) is 135 cm³/mol. The molecule has 0 saturated heterocycles. The monoisotopic (exact) mass is 431 g/mol. The van der Waals surface area contributed by atoms with Crippen molar-refractivity contribution in [1.82, 2.24) is 0 Å². The van der Waals surface area contributed by atoms with Crippen LogP contribution in [0.2, 0.25) is 16.6 Å². The van der Waals surface area contributed by atoms with Gasteiger partial charge in [-0.1, -0.05) is 59.3 Å². The Morgan fingerprint density at radius 3 is 1.93 bits per heavy atom. The van der Waals surface area contributed by atoms with Crippen LogP contribution in [0, 0.1) is 0 Å². The van der Waals surface area contributed by atoms with Crippen LogP contribution in [0.4, 0.5) is 5.69 Å². The van der Waals surface area contributed by atoms with Crippen LogP contribution in [-0.2, 0) is 11.0 Å². The Hall–Kier alpha value is -1.52.